The smallest absolute Gasteiger partial charge is 0.205 e. The first-order chi connectivity index (χ1) is 11.1. The molecule has 0 amide bonds. The molecule has 1 aliphatic rings. The summed E-state index contributed by atoms with van der Waals surface area (Å²) < 4.78 is 4.07. The molecule has 0 bridgehead atoms. The highest BCUT2D eigenvalue weighted by Gasteiger charge is 2.22. The second-order valence-electron chi connectivity index (χ2n) is 5.99. The van der Waals surface area contributed by atoms with Gasteiger partial charge in [-0.15, -0.1) is 0 Å². The summed E-state index contributed by atoms with van der Waals surface area (Å²) in [6.07, 6.45) is 10.8. The van der Waals surface area contributed by atoms with Crippen LogP contribution in [0.2, 0.25) is 0 Å². The lowest BCUT2D eigenvalue weighted by Gasteiger charge is -2.15. The van der Waals surface area contributed by atoms with Gasteiger partial charge in [0.25, 0.3) is 0 Å². The van der Waals surface area contributed by atoms with Crippen LogP contribution in [0.1, 0.15) is 30.7 Å². The molecule has 1 aliphatic carbocycles. The zero-order valence-electron chi connectivity index (χ0n) is 14.5. The normalized spacial score (nSPS) is 17.1. The predicted molar refractivity (Wildman–Crippen MR) is 90.0 cm³/mol. The van der Waals surface area contributed by atoms with Crippen molar-refractivity contribution in [3.8, 4) is 0 Å². The van der Waals surface area contributed by atoms with Gasteiger partial charge in [-0.3, -0.25) is 4.79 Å². The maximum atomic E-state index is 12.8. The number of allylic oxidation sites excluding steroid dienone is 2. The average molecular weight is 560 g/mol. The third kappa shape index (κ3) is 5.44. The number of carbonyl (C=O) groups excluding carboxylic acids is 1. The van der Waals surface area contributed by atoms with Gasteiger partial charge in [-0.1, -0.05) is 0 Å². The Morgan fingerprint density at radius 1 is 0.800 bits per heavy atom. The molecule has 0 spiro atoms. The van der Waals surface area contributed by atoms with Gasteiger partial charge in [0, 0.05) is 47.6 Å². The lowest BCUT2D eigenvalue weighted by molar-refractivity contribution is -0.673. The highest BCUT2D eigenvalue weighted by atomic mass is 127. The standard InChI is InChI=1S/C20H22N2O.2HI/c1-21-12-5-3-10-18(21)14-16-8-7-9-17(20(16)23)15-19-11-4-6-13-22(19)2;;/h3-6,10-15H,7-9H2,1-2H3;2*1H/q+2;;/p-2/b16-14+,17-15+;;. The molecule has 3 rings (SSSR count). The van der Waals surface area contributed by atoms with Gasteiger partial charge >= 0.3 is 0 Å². The number of aryl methyl sites for hydroxylation is 2. The van der Waals surface area contributed by atoms with Crippen molar-refractivity contribution in [2.75, 3.05) is 0 Å². The minimum Gasteiger partial charge on any atom is -1.00 e. The maximum absolute atomic E-state index is 12.8. The Labute approximate surface area is 183 Å². The topological polar surface area (TPSA) is 24.8 Å². The number of ketones is 1. The van der Waals surface area contributed by atoms with Crippen LogP contribution >= 0.6 is 0 Å². The first-order valence-electron chi connectivity index (χ1n) is 8.00. The van der Waals surface area contributed by atoms with Gasteiger partial charge in [0.15, 0.2) is 18.2 Å². The molecule has 2 aromatic rings. The van der Waals surface area contributed by atoms with E-state index in [1.807, 2.05) is 84.2 Å². The van der Waals surface area contributed by atoms with Crippen LogP contribution in [0.5, 0.6) is 0 Å². The molecule has 0 radical (unpaired) electrons. The van der Waals surface area contributed by atoms with E-state index in [0.717, 1.165) is 41.8 Å². The number of hydrogen-bond donors (Lipinski definition) is 0. The van der Waals surface area contributed by atoms with E-state index < -0.39 is 0 Å². The Kier molecular flexibility index (Phi) is 8.92. The number of Topliss-reactive ketones (excluding diaryl/α,β-unsaturated/α-hetero) is 1. The van der Waals surface area contributed by atoms with E-state index in [1.165, 1.54) is 0 Å². The monoisotopic (exact) mass is 560 g/mol. The number of nitrogens with zero attached hydrogens (tertiary/aromatic N) is 2. The minimum absolute atomic E-state index is 0. The molecular formula is C20H22I2N2O. The van der Waals surface area contributed by atoms with Crippen molar-refractivity contribution in [2.45, 2.75) is 19.3 Å². The number of pyridine rings is 2. The highest BCUT2D eigenvalue weighted by Crippen LogP contribution is 2.27. The molecule has 0 N–H and O–H groups in total. The lowest BCUT2D eigenvalue weighted by Crippen LogP contribution is -3.00. The molecule has 0 aromatic carbocycles. The van der Waals surface area contributed by atoms with E-state index in [-0.39, 0.29) is 53.7 Å². The fourth-order valence-corrected chi connectivity index (χ4v) is 2.91. The first-order valence-corrected chi connectivity index (χ1v) is 8.00. The molecular weight excluding hydrogens is 538 g/mol. The highest BCUT2D eigenvalue weighted by molar-refractivity contribution is 6.13. The number of carbonyl (C=O) groups is 1. The van der Waals surface area contributed by atoms with Gasteiger partial charge in [-0.25, -0.2) is 9.13 Å². The van der Waals surface area contributed by atoms with Gasteiger partial charge in [-0.05, 0) is 31.4 Å². The van der Waals surface area contributed by atoms with Gasteiger partial charge in [-0.2, -0.15) is 0 Å². The average Bonchev–Trinajstić information content (AvgIpc) is 2.55. The summed E-state index contributed by atoms with van der Waals surface area (Å²) in [5, 5.41) is 0. The zero-order chi connectivity index (χ0) is 16.2. The van der Waals surface area contributed by atoms with E-state index in [0.29, 0.717) is 0 Å². The predicted octanol–water partition coefficient (Wildman–Crippen LogP) is -3.44. The number of halogens is 2. The Balaban J connectivity index is 0.00000156. The van der Waals surface area contributed by atoms with Gasteiger partial charge in [0.05, 0.1) is 0 Å². The third-order valence-corrected chi connectivity index (χ3v) is 4.31. The Morgan fingerprint density at radius 3 is 1.64 bits per heavy atom. The van der Waals surface area contributed by atoms with Crippen molar-refractivity contribution in [3.63, 3.8) is 0 Å². The molecule has 0 aliphatic heterocycles. The second-order valence-corrected chi connectivity index (χ2v) is 5.99. The molecule has 0 saturated heterocycles. The van der Waals surface area contributed by atoms with Gasteiger partial charge in [0.2, 0.25) is 11.4 Å². The van der Waals surface area contributed by atoms with Crippen LogP contribution in [0.4, 0.5) is 0 Å². The van der Waals surface area contributed by atoms with Crippen LogP contribution in [0, 0.1) is 0 Å². The number of aromatic nitrogens is 2. The minimum atomic E-state index is 0. The van der Waals surface area contributed by atoms with Crippen LogP contribution in [0.25, 0.3) is 12.2 Å². The van der Waals surface area contributed by atoms with Crippen molar-refractivity contribution in [1.29, 1.82) is 0 Å². The van der Waals surface area contributed by atoms with Gasteiger partial charge in [0.1, 0.15) is 14.1 Å². The Morgan fingerprint density at radius 2 is 1.24 bits per heavy atom. The summed E-state index contributed by atoms with van der Waals surface area (Å²) >= 11 is 0. The number of hydrogen-bond acceptors (Lipinski definition) is 1. The van der Waals surface area contributed by atoms with E-state index in [9.17, 15) is 4.79 Å². The maximum Gasteiger partial charge on any atom is 0.205 e. The van der Waals surface area contributed by atoms with E-state index in [1.54, 1.807) is 0 Å². The fraction of sp³-hybridized carbons (Fsp3) is 0.250. The SMILES string of the molecule is C[n+]1ccccc1/C=C1\CCC/C(=C\c2cccc[n+]2C)C1=O.[I-].[I-]. The second kappa shape index (κ2) is 10.2. The molecule has 5 heteroatoms. The molecule has 1 saturated carbocycles. The summed E-state index contributed by atoms with van der Waals surface area (Å²) in [6.45, 7) is 0. The van der Waals surface area contributed by atoms with Crippen LogP contribution in [0.15, 0.2) is 59.9 Å². The Bertz CT molecular complexity index is 747. The third-order valence-electron chi connectivity index (χ3n) is 4.31. The summed E-state index contributed by atoms with van der Waals surface area (Å²) in [4.78, 5) is 12.8. The summed E-state index contributed by atoms with van der Waals surface area (Å²) in [5.74, 6) is 0.184. The van der Waals surface area contributed by atoms with E-state index >= 15 is 0 Å². The van der Waals surface area contributed by atoms with E-state index in [4.69, 9.17) is 0 Å². The van der Waals surface area contributed by atoms with Crippen molar-refractivity contribution >= 4 is 17.9 Å². The van der Waals surface area contributed by atoms with Crippen molar-refractivity contribution in [1.82, 2.24) is 0 Å². The quantitative estimate of drug-likeness (QED) is 0.214. The summed E-state index contributed by atoms with van der Waals surface area (Å²) in [5.41, 5.74) is 3.93. The van der Waals surface area contributed by atoms with E-state index in [2.05, 4.69) is 0 Å². The zero-order valence-corrected chi connectivity index (χ0v) is 18.8. The van der Waals surface area contributed by atoms with Crippen molar-refractivity contribution < 1.29 is 61.9 Å². The van der Waals surface area contributed by atoms with Crippen LogP contribution in [-0.2, 0) is 18.9 Å². The van der Waals surface area contributed by atoms with Crippen molar-refractivity contribution in [2.24, 2.45) is 14.1 Å². The fourth-order valence-electron chi connectivity index (χ4n) is 2.91. The van der Waals surface area contributed by atoms with Crippen LogP contribution in [-0.4, -0.2) is 5.78 Å². The molecule has 0 unspecified atom stereocenters. The van der Waals surface area contributed by atoms with Crippen molar-refractivity contribution in [3.05, 3.63) is 71.3 Å². The largest absolute Gasteiger partial charge is 1.00 e. The molecule has 3 nitrogen and oxygen atoms in total. The van der Waals surface area contributed by atoms with Gasteiger partial charge < -0.3 is 48.0 Å². The molecule has 2 heterocycles. The summed E-state index contributed by atoms with van der Waals surface area (Å²) in [7, 11) is 4.00. The molecule has 0 atom stereocenters. The molecule has 1 fully saturated rings. The Hall–Kier alpha value is -1.09. The molecule has 2 aromatic heterocycles. The van der Waals surface area contributed by atoms with Crippen LogP contribution in [0.3, 0.4) is 0 Å². The molecule has 25 heavy (non-hydrogen) atoms. The lowest BCUT2D eigenvalue weighted by atomic mass is 9.87. The summed E-state index contributed by atoms with van der Waals surface area (Å²) in [6, 6.07) is 12.1. The first kappa shape index (κ1) is 22.0. The van der Waals surface area contributed by atoms with Crippen LogP contribution < -0.4 is 57.1 Å². The number of rotatable bonds is 2. The molecule has 132 valence electrons.